The third kappa shape index (κ3) is 3.42. The van der Waals surface area contributed by atoms with Crippen molar-refractivity contribution in [3.05, 3.63) is 11.1 Å². The number of thiazole rings is 1. The highest BCUT2D eigenvalue weighted by molar-refractivity contribution is 7.13. The summed E-state index contributed by atoms with van der Waals surface area (Å²) in [6.45, 7) is 5.55. The van der Waals surface area contributed by atoms with E-state index in [1.165, 1.54) is 49.6 Å². The van der Waals surface area contributed by atoms with E-state index in [-0.39, 0.29) is 0 Å². The molecule has 1 fully saturated rings. The fourth-order valence-corrected chi connectivity index (χ4v) is 3.40. The van der Waals surface area contributed by atoms with Gasteiger partial charge in [0.25, 0.3) is 0 Å². The van der Waals surface area contributed by atoms with Crippen LogP contribution >= 0.6 is 11.3 Å². The van der Waals surface area contributed by atoms with Gasteiger partial charge in [0.15, 0.2) is 5.13 Å². The van der Waals surface area contributed by atoms with Crippen LogP contribution in [-0.2, 0) is 6.54 Å². The number of nitrogens with one attached hydrogen (secondary N) is 1. The first-order chi connectivity index (χ1) is 8.33. The Balaban J connectivity index is 1.86. The summed E-state index contributed by atoms with van der Waals surface area (Å²) in [5.41, 5.74) is 1.17. The van der Waals surface area contributed by atoms with Crippen LogP contribution in [-0.4, -0.2) is 25.1 Å². The van der Waals surface area contributed by atoms with Crippen LogP contribution in [0.5, 0.6) is 0 Å². The van der Waals surface area contributed by atoms with E-state index >= 15 is 0 Å². The average Bonchev–Trinajstić information content (AvgIpc) is 2.80. The zero-order chi connectivity index (χ0) is 12.1. The van der Waals surface area contributed by atoms with Crippen LogP contribution in [0.25, 0.3) is 0 Å². The Hall–Kier alpha value is -0.610. The van der Waals surface area contributed by atoms with Crippen molar-refractivity contribution in [1.82, 2.24) is 10.3 Å². The molecule has 2 rings (SSSR count). The Morgan fingerprint density at radius 3 is 2.88 bits per heavy atom. The molecule has 1 N–H and O–H groups in total. The molecule has 0 unspecified atom stereocenters. The summed E-state index contributed by atoms with van der Waals surface area (Å²) in [4.78, 5) is 7.13. The SMILES string of the molecule is CCCC1CCN(c2nc(CNC)cs2)CC1. The fourth-order valence-electron chi connectivity index (χ4n) is 2.53. The largest absolute Gasteiger partial charge is 0.348 e. The molecule has 4 heteroatoms. The van der Waals surface area contributed by atoms with Crippen molar-refractivity contribution in [1.29, 1.82) is 0 Å². The molecule has 17 heavy (non-hydrogen) atoms. The van der Waals surface area contributed by atoms with E-state index in [0.717, 1.165) is 12.5 Å². The minimum atomic E-state index is 0.878. The summed E-state index contributed by atoms with van der Waals surface area (Å²) >= 11 is 1.79. The number of hydrogen-bond acceptors (Lipinski definition) is 4. The number of piperidine rings is 1. The van der Waals surface area contributed by atoms with Crippen molar-refractivity contribution in [2.75, 3.05) is 25.0 Å². The molecule has 2 heterocycles. The van der Waals surface area contributed by atoms with Gasteiger partial charge in [0.1, 0.15) is 0 Å². The van der Waals surface area contributed by atoms with Crippen LogP contribution in [0.15, 0.2) is 5.38 Å². The summed E-state index contributed by atoms with van der Waals surface area (Å²) in [5.74, 6) is 0.952. The molecule has 0 amide bonds. The topological polar surface area (TPSA) is 28.2 Å². The fraction of sp³-hybridized carbons (Fsp3) is 0.769. The van der Waals surface area contributed by atoms with Gasteiger partial charge in [-0.3, -0.25) is 0 Å². The highest BCUT2D eigenvalue weighted by Gasteiger charge is 2.20. The molecule has 0 radical (unpaired) electrons. The Bertz CT molecular complexity index is 329. The maximum absolute atomic E-state index is 4.68. The van der Waals surface area contributed by atoms with Gasteiger partial charge in [-0.25, -0.2) is 4.98 Å². The number of aromatic nitrogens is 1. The number of anilines is 1. The molecule has 1 aliphatic rings. The van der Waals surface area contributed by atoms with Crippen LogP contribution in [0.4, 0.5) is 5.13 Å². The van der Waals surface area contributed by atoms with Crippen molar-refractivity contribution < 1.29 is 0 Å². The first-order valence-corrected chi connectivity index (χ1v) is 7.55. The van der Waals surface area contributed by atoms with E-state index < -0.39 is 0 Å². The molecule has 0 aliphatic carbocycles. The summed E-state index contributed by atoms with van der Waals surface area (Å²) in [6.07, 6.45) is 5.41. The first kappa shape index (κ1) is 12.8. The lowest BCUT2D eigenvalue weighted by atomic mass is 9.93. The molecule has 0 aromatic carbocycles. The monoisotopic (exact) mass is 253 g/mol. The van der Waals surface area contributed by atoms with Crippen molar-refractivity contribution in [3.63, 3.8) is 0 Å². The van der Waals surface area contributed by atoms with Gasteiger partial charge in [0.2, 0.25) is 0 Å². The summed E-state index contributed by atoms with van der Waals surface area (Å²) in [7, 11) is 1.97. The van der Waals surface area contributed by atoms with E-state index in [1.54, 1.807) is 11.3 Å². The number of rotatable bonds is 5. The second kappa shape index (κ2) is 6.36. The number of hydrogen-bond donors (Lipinski definition) is 1. The van der Waals surface area contributed by atoms with Crippen LogP contribution < -0.4 is 10.2 Å². The Labute approximate surface area is 108 Å². The van der Waals surface area contributed by atoms with Gasteiger partial charge in [-0.2, -0.15) is 0 Å². The molecule has 1 aliphatic heterocycles. The summed E-state index contributed by atoms with van der Waals surface area (Å²) in [5, 5.41) is 6.53. The van der Waals surface area contributed by atoms with Crippen molar-refractivity contribution in [2.45, 2.75) is 39.2 Å². The molecular weight excluding hydrogens is 230 g/mol. The zero-order valence-electron chi connectivity index (χ0n) is 10.9. The Morgan fingerprint density at radius 2 is 2.24 bits per heavy atom. The molecule has 0 atom stereocenters. The molecular formula is C13H23N3S. The second-order valence-electron chi connectivity index (χ2n) is 4.87. The van der Waals surface area contributed by atoms with Gasteiger partial charge >= 0.3 is 0 Å². The third-order valence-corrected chi connectivity index (χ3v) is 4.43. The van der Waals surface area contributed by atoms with Gasteiger partial charge in [-0.1, -0.05) is 19.8 Å². The molecule has 1 aromatic heterocycles. The summed E-state index contributed by atoms with van der Waals surface area (Å²) < 4.78 is 0. The minimum absolute atomic E-state index is 0.878. The lowest BCUT2D eigenvalue weighted by Crippen LogP contribution is -2.33. The van der Waals surface area contributed by atoms with Gasteiger partial charge < -0.3 is 10.2 Å². The van der Waals surface area contributed by atoms with E-state index in [1.807, 2.05) is 7.05 Å². The van der Waals surface area contributed by atoms with E-state index in [2.05, 4.69) is 27.5 Å². The average molecular weight is 253 g/mol. The molecule has 0 bridgehead atoms. The Kier molecular flexibility index (Phi) is 4.80. The van der Waals surface area contributed by atoms with Gasteiger partial charge in [0.05, 0.1) is 5.69 Å². The van der Waals surface area contributed by atoms with Crippen molar-refractivity contribution >= 4 is 16.5 Å². The van der Waals surface area contributed by atoms with Crippen molar-refractivity contribution in [2.24, 2.45) is 5.92 Å². The lowest BCUT2D eigenvalue weighted by molar-refractivity contribution is 0.378. The molecule has 0 saturated carbocycles. The summed E-state index contributed by atoms with van der Waals surface area (Å²) in [6, 6.07) is 0. The maximum atomic E-state index is 4.68. The van der Waals surface area contributed by atoms with E-state index in [0.29, 0.717) is 0 Å². The van der Waals surface area contributed by atoms with Crippen LogP contribution in [0.1, 0.15) is 38.3 Å². The predicted molar refractivity (Wildman–Crippen MR) is 74.7 cm³/mol. The molecule has 96 valence electrons. The quantitative estimate of drug-likeness (QED) is 0.874. The molecule has 3 nitrogen and oxygen atoms in total. The van der Waals surface area contributed by atoms with Gasteiger partial charge in [-0.05, 0) is 25.8 Å². The molecule has 0 spiro atoms. The zero-order valence-corrected chi connectivity index (χ0v) is 11.7. The number of nitrogens with zero attached hydrogens (tertiary/aromatic N) is 2. The molecule has 1 aromatic rings. The third-order valence-electron chi connectivity index (χ3n) is 3.48. The minimum Gasteiger partial charge on any atom is -0.348 e. The highest BCUT2D eigenvalue weighted by atomic mass is 32.1. The standard InChI is InChI=1S/C13H23N3S/c1-3-4-11-5-7-16(8-6-11)13-15-12(9-14-2)10-17-13/h10-11,14H,3-9H2,1-2H3. The highest BCUT2D eigenvalue weighted by Crippen LogP contribution is 2.28. The van der Waals surface area contributed by atoms with Crippen LogP contribution in [0.2, 0.25) is 0 Å². The van der Waals surface area contributed by atoms with Crippen LogP contribution in [0, 0.1) is 5.92 Å². The maximum Gasteiger partial charge on any atom is 0.185 e. The first-order valence-electron chi connectivity index (χ1n) is 6.67. The normalized spacial score (nSPS) is 17.6. The Morgan fingerprint density at radius 1 is 1.47 bits per heavy atom. The van der Waals surface area contributed by atoms with Crippen LogP contribution in [0.3, 0.4) is 0 Å². The second-order valence-corrected chi connectivity index (χ2v) is 5.71. The lowest BCUT2D eigenvalue weighted by Gasteiger charge is -2.31. The van der Waals surface area contributed by atoms with Gasteiger partial charge in [-0.15, -0.1) is 11.3 Å². The van der Waals surface area contributed by atoms with E-state index in [9.17, 15) is 0 Å². The van der Waals surface area contributed by atoms with Crippen molar-refractivity contribution in [3.8, 4) is 0 Å². The van der Waals surface area contributed by atoms with Gasteiger partial charge in [0, 0.05) is 25.0 Å². The van der Waals surface area contributed by atoms with E-state index in [4.69, 9.17) is 0 Å². The smallest absolute Gasteiger partial charge is 0.185 e. The molecule has 1 saturated heterocycles. The predicted octanol–water partition coefficient (Wildman–Crippen LogP) is 2.88.